The predicted molar refractivity (Wildman–Crippen MR) is 90.9 cm³/mol. The Labute approximate surface area is 131 Å². The molecular formula is C18H23N3O. The lowest BCUT2D eigenvalue weighted by atomic mass is 10.0. The van der Waals surface area contributed by atoms with Gasteiger partial charge in [0.2, 0.25) is 5.91 Å². The number of amides is 1. The second kappa shape index (κ2) is 6.60. The number of nitrogens with zero attached hydrogens (tertiary/aromatic N) is 2. The van der Waals surface area contributed by atoms with Gasteiger partial charge in [-0.1, -0.05) is 32.0 Å². The van der Waals surface area contributed by atoms with E-state index < -0.39 is 0 Å². The summed E-state index contributed by atoms with van der Waals surface area (Å²) in [5.41, 5.74) is 4.97. The van der Waals surface area contributed by atoms with E-state index in [1.165, 1.54) is 0 Å². The molecule has 0 fully saturated rings. The standard InChI is InChI=1S/C18H23N3O/c1-12(2)15-8-6-7-9-17(15)19-18(22)11-10-16-13(3)20-21(5)14(16)4/h6-12H,1-5H3,(H,19,22)/b11-10+. The molecule has 0 aliphatic carbocycles. The molecule has 2 rings (SSSR count). The van der Waals surface area contributed by atoms with Gasteiger partial charge < -0.3 is 5.32 Å². The van der Waals surface area contributed by atoms with Crippen LogP contribution in [0.5, 0.6) is 0 Å². The fourth-order valence-corrected chi connectivity index (χ4v) is 2.48. The van der Waals surface area contributed by atoms with Crippen molar-refractivity contribution in [2.75, 3.05) is 5.32 Å². The highest BCUT2D eigenvalue weighted by Crippen LogP contribution is 2.23. The van der Waals surface area contributed by atoms with Crippen molar-refractivity contribution in [2.45, 2.75) is 33.6 Å². The minimum absolute atomic E-state index is 0.129. The van der Waals surface area contributed by atoms with Crippen LogP contribution < -0.4 is 5.32 Å². The van der Waals surface area contributed by atoms with E-state index in [1.807, 2.05) is 55.9 Å². The van der Waals surface area contributed by atoms with Gasteiger partial charge in [-0.05, 0) is 37.5 Å². The summed E-state index contributed by atoms with van der Waals surface area (Å²) in [7, 11) is 1.90. The van der Waals surface area contributed by atoms with Gasteiger partial charge in [0.05, 0.1) is 5.69 Å². The van der Waals surface area contributed by atoms with Crippen molar-refractivity contribution in [3.63, 3.8) is 0 Å². The second-order valence-corrected chi connectivity index (χ2v) is 5.77. The maximum atomic E-state index is 12.2. The zero-order valence-electron chi connectivity index (χ0n) is 13.8. The van der Waals surface area contributed by atoms with Gasteiger partial charge in [0.25, 0.3) is 0 Å². The van der Waals surface area contributed by atoms with E-state index in [0.717, 1.165) is 28.2 Å². The van der Waals surface area contributed by atoms with Gasteiger partial charge in [0, 0.05) is 30.1 Å². The van der Waals surface area contributed by atoms with E-state index in [-0.39, 0.29) is 5.91 Å². The number of carbonyl (C=O) groups excluding carboxylic acids is 1. The zero-order valence-corrected chi connectivity index (χ0v) is 13.8. The first kappa shape index (κ1) is 16.0. The van der Waals surface area contributed by atoms with Crippen molar-refractivity contribution in [3.05, 3.63) is 52.9 Å². The summed E-state index contributed by atoms with van der Waals surface area (Å²) < 4.78 is 1.82. The van der Waals surface area contributed by atoms with Crippen LogP contribution >= 0.6 is 0 Å². The smallest absolute Gasteiger partial charge is 0.248 e. The second-order valence-electron chi connectivity index (χ2n) is 5.77. The Morgan fingerprint density at radius 2 is 1.95 bits per heavy atom. The molecule has 22 heavy (non-hydrogen) atoms. The number of hydrogen-bond acceptors (Lipinski definition) is 2. The van der Waals surface area contributed by atoms with Crippen molar-refractivity contribution in [2.24, 2.45) is 7.05 Å². The van der Waals surface area contributed by atoms with E-state index in [9.17, 15) is 4.79 Å². The Hall–Kier alpha value is -2.36. The summed E-state index contributed by atoms with van der Waals surface area (Å²) in [5, 5.41) is 7.30. The van der Waals surface area contributed by atoms with Gasteiger partial charge in [0.1, 0.15) is 0 Å². The molecule has 4 heteroatoms. The maximum absolute atomic E-state index is 12.2. The van der Waals surface area contributed by atoms with Crippen LogP contribution in [0.2, 0.25) is 0 Å². The van der Waals surface area contributed by atoms with Crippen LogP contribution in [0.15, 0.2) is 30.3 Å². The van der Waals surface area contributed by atoms with Crippen LogP contribution in [0, 0.1) is 13.8 Å². The topological polar surface area (TPSA) is 46.9 Å². The third-order valence-corrected chi connectivity index (χ3v) is 3.81. The van der Waals surface area contributed by atoms with Gasteiger partial charge in [-0.25, -0.2) is 0 Å². The number of hydrogen-bond donors (Lipinski definition) is 1. The van der Waals surface area contributed by atoms with Gasteiger partial charge in [-0.2, -0.15) is 5.10 Å². The molecule has 0 saturated heterocycles. The summed E-state index contributed by atoms with van der Waals surface area (Å²) in [6, 6.07) is 7.89. The van der Waals surface area contributed by atoms with Gasteiger partial charge in [-0.3, -0.25) is 9.48 Å². The number of para-hydroxylation sites is 1. The zero-order chi connectivity index (χ0) is 16.3. The van der Waals surface area contributed by atoms with Gasteiger partial charge in [-0.15, -0.1) is 0 Å². The molecule has 2 aromatic rings. The molecule has 4 nitrogen and oxygen atoms in total. The molecule has 1 aromatic heterocycles. The lowest BCUT2D eigenvalue weighted by molar-refractivity contribution is -0.111. The van der Waals surface area contributed by atoms with Crippen molar-refractivity contribution in [1.29, 1.82) is 0 Å². The molecule has 0 atom stereocenters. The molecule has 1 amide bonds. The Morgan fingerprint density at radius 1 is 1.27 bits per heavy atom. The molecule has 0 bridgehead atoms. The maximum Gasteiger partial charge on any atom is 0.248 e. The number of nitrogens with one attached hydrogen (secondary N) is 1. The van der Waals surface area contributed by atoms with E-state index >= 15 is 0 Å². The Morgan fingerprint density at radius 3 is 2.55 bits per heavy atom. The average molecular weight is 297 g/mol. The minimum Gasteiger partial charge on any atom is -0.322 e. The van der Waals surface area contributed by atoms with Crippen molar-refractivity contribution in [1.82, 2.24) is 9.78 Å². The van der Waals surface area contributed by atoms with Crippen LogP contribution in [0.1, 0.15) is 42.3 Å². The Kier molecular flexibility index (Phi) is 4.81. The molecular weight excluding hydrogens is 274 g/mol. The van der Waals surface area contributed by atoms with Gasteiger partial charge in [0.15, 0.2) is 0 Å². The highest BCUT2D eigenvalue weighted by molar-refractivity contribution is 6.02. The van der Waals surface area contributed by atoms with Crippen LogP contribution in [0.25, 0.3) is 6.08 Å². The highest BCUT2D eigenvalue weighted by Gasteiger charge is 2.09. The molecule has 0 saturated carbocycles. The molecule has 0 aliphatic rings. The number of aryl methyl sites for hydroxylation is 2. The number of carbonyl (C=O) groups is 1. The fraction of sp³-hybridized carbons (Fsp3) is 0.333. The molecule has 116 valence electrons. The Balaban J connectivity index is 2.15. The fourth-order valence-electron chi connectivity index (χ4n) is 2.48. The first-order valence-corrected chi connectivity index (χ1v) is 7.48. The lowest BCUT2D eigenvalue weighted by Gasteiger charge is -2.12. The average Bonchev–Trinajstić information content (AvgIpc) is 2.70. The van der Waals surface area contributed by atoms with Crippen molar-refractivity contribution < 1.29 is 4.79 Å². The Bertz CT molecular complexity index is 711. The number of rotatable bonds is 4. The molecule has 1 heterocycles. The van der Waals surface area contributed by atoms with E-state index in [1.54, 1.807) is 6.08 Å². The summed E-state index contributed by atoms with van der Waals surface area (Å²) >= 11 is 0. The lowest BCUT2D eigenvalue weighted by Crippen LogP contribution is -2.10. The largest absolute Gasteiger partial charge is 0.322 e. The van der Waals surface area contributed by atoms with Crippen LogP contribution in [0.3, 0.4) is 0 Å². The summed E-state index contributed by atoms with van der Waals surface area (Å²) in [6.45, 7) is 8.16. The van der Waals surface area contributed by atoms with Gasteiger partial charge >= 0.3 is 0 Å². The van der Waals surface area contributed by atoms with E-state index in [0.29, 0.717) is 5.92 Å². The number of benzene rings is 1. The molecule has 0 spiro atoms. The van der Waals surface area contributed by atoms with Crippen molar-refractivity contribution >= 4 is 17.7 Å². The van der Waals surface area contributed by atoms with E-state index in [4.69, 9.17) is 0 Å². The third-order valence-electron chi connectivity index (χ3n) is 3.81. The van der Waals surface area contributed by atoms with Crippen LogP contribution in [-0.2, 0) is 11.8 Å². The summed E-state index contributed by atoms with van der Waals surface area (Å²) in [5.74, 6) is 0.235. The normalized spacial score (nSPS) is 11.4. The molecule has 0 unspecified atom stereocenters. The molecule has 0 aliphatic heterocycles. The van der Waals surface area contributed by atoms with E-state index in [2.05, 4.69) is 24.3 Å². The molecule has 1 aromatic carbocycles. The summed E-state index contributed by atoms with van der Waals surface area (Å²) in [4.78, 5) is 12.2. The first-order valence-electron chi connectivity index (χ1n) is 7.48. The summed E-state index contributed by atoms with van der Waals surface area (Å²) in [6.07, 6.45) is 3.39. The number of aromatic nitrogens is 2. The highest BCUT2D eigenvalue weighted by atomic mass is 16.1. The first-order chi connectivity index (χ1) is 10.4. The predicted octanol–water partition coefficient (Wildman–Crippen LogP) is 3.81. The van der Waals surface area contributed by atoms with Crippen molar-refractivity contribution in [3.8, 4) is 0 Å². The van der Waals surface area contributed by atoms with Crippen LogP contribution in [0.4, 0.5) is 5.69 Å². The third kappa shape index (κ3) is 3.45. The SMILES string of the molecule is Cc1nn(C)c(C)c1/C=C/C(=O)Nc1ccccc1C(C)C. The monoisotopic (exact) mass is 297 g/mol. The molecule has 1 N–H and O–H groups in total. The van der Waals surface area contributed by atoms with Crippen LogP contribution in [-0.4, -0.2) is 15.7 Å². The quantitative estimate of drug-likeness (QED) is 0.872. The minimum atomic E-state index is -0.129. The molecule has 0 radical (unpaired) electrons. The number of anilines is 1.